The van der Waals surface area contributed by atoms with E-state index in [2.05, 4.69) is 15.5 Å². The van der Waals surface area contributed by atoms with Crippen LogP contribution in [0.5, 0.6) is 0 Å². The first-order valence-corrected chi connectivity index (χ1v) is 5.65. The molecule has 2 rings (SSSR count). The minimum atomic E-state index is -0.525. The first-order valence-electron chi connectivity index (χ1n) is 5.65. The molecule has 0 atom stereocenters. The fraction of sp³-hybridized carbons (Fsp3) is 0. The van der Waals surface area contributed by atoms with E-state index in [1.54, 1.807) is 24.5 Å². The van der Waals surface area contributed by atoms with Gasteiger partial charge in [-0.2, -0.15) is 5.10 Å². The second-order valence-electron chi connectivity index (χ2n) is 3.78. The predicted molar refractivity (Wildman–Crippen MR) is 72.4 cm³/mol. The van der Waals surface area contributed by atoms with Crippen LogP contribution in [0.4, 0.5) is 5.69 Å². The molecule has 0 fully saturated rings. The van der Waals surface area contributed by atoms with Gasteiger partial charge in [0.05, 0.1) is 11.1 Å². The van der Waals surface area contributed by atoms with Crippen molar-refractivity contribution in [3.63, 3.8) is 0 Å². The Morgan fingerprint density at radius 2 is 1.85 bits per heavy atom. The quantitative estimate of drug-likeness (QED) is 0.520. The van der Waals surface area contributed by atoms with E-state index in [1.807, 2.05) is 0 Å². The molecule has 0 aliphatic carbocycles. The van der Waals surface area contributed by atoms with Crippen molar-refractivity contribution in [3.05, 3.63) is 70.0 Å². The van der Waals surface area contributed by atoms with Crippen molar-refractivity contribution in [1.29, 1.82) is 0 Å². The Morgan fingerprint density at radius 3 is 2.45 bits per heavy atom. The number of hydrogen-bond donors (Lipinski definition) is 1. The second kappa shape index (κ2) is 6.19. The molecule has 100 valence electrons. The van der Waals surface area contributed by atoms with E-state index >= 15 is 0 Å². The minimum Gasteiger partial charge on any atom is -0.267 e. The standard InChI is InChI=1S/C13H10N4O3/c18-13(11-1-3-12(4-2-11)17(19)20)16-15-9-10-5-7-14-8-6-10/h1-9H,(H,16,18)/b15-9-. The number of rotatable bonds is 4. The molecule has 0 aliphatic rings. The van der Waals surface area contributed by atoms with Crippen LogP contribution in [0.1, 0.15) is 15.9 Å². The zero-order valence-corrected chi connectivity index (χ0v) is 10.3. The Bertz CT molecular complexity index is 638. The van der Waals surface area contributed by atoms with Crippen molar-refractivity contribution >= 4 is 17.8 Å². The van der Waals surface area contributed by atoms with E-state index < -0.39 is 10.8 Å². The summed E-state index contributed by atoms with van der Waals surface area (Å²) in [5, 5.41) is 14.3. The molecule has 1 aromatic carbocycles. The summed E-state index contributed by atoms with van der Waals surface area (Å²) in [5.41, 5.74) is 3.36. The maximum absolute atomic E-state index is 11.7. The lowest BCUT2D eigenvalue weighted by Crippen LogP contribution is -2.17. The number of non-ortho nitro benzene ring substituents is 1. The summed E-state index contributed by atoms with van der Waals surface area (Å²) < 4.78 is 0. The van der Waals surface area contributed by atoms with Crippen LogP contribution in [-0.4, -0.2) is 22.0 Å². The Labute approximate surface area is 114 Å². The first-order chi connectivity index (χ1) is 9.66. The summed E-state index contributed by atoms with van der Waals surface area (Å²) in [5.74, 6) is -0.440. The number of amides is 1. The summed E-state index contributed by atoms with van der Waals surface area (Å²) in [4.78, 5) is 25.5. The van der Waals surface area contributed by atoms with Gasteiger partial charge in [0.2, 0.25) is 0 Å². The van der Waals surface area contributed by atoms with Crippen molar-refractivity contribution in [2.75, 3.05) is 0 Å². The molecular formula is C13H10N4O3. The molecular weight excluding hydrogens is 260 g/mol. The highest BCUT2D eigenvalue weighted by Crippen LogP contribution is 2.11. The zero-order chi connectivity index (χ0) is 14.4. The molecule has 0 bridgehead atoms. The maximum atomic E-state index is 11.7. The first kappa shape index (κ1) is 13.3. The number of benzene rings is 1. The van der Waals surface area contributed by atoms with E-state index in [1.165, 1.54) is 30.5 Å². The Balaban J connectivity index is 1.98. The van der Waals surface area contributed by atoms with Crippen LogP contribution in [0.2, 0.25) is 0 Å². The number of nitrogens with zero attached hydrogens (tertiary/aromatic N) is 3. The lowest BCUT2D eigenvalue weighted by atomic mass is 10.2. The molecule has 0 saturated heterocycles. The molecule has 20 heavy (non-hydrogen) atoms. The number of nitro benzene ring substituents is 1. The maximum Gasteiger partial charge on any atom is 0.271 e. The monoisotopic (exact) mass is 270 g/mol. The number of pyridine rings is 1. The molecule has 0 saturated carbocycles. The number of aromatic nitrogens is 1. The van der Waals surface area contributed by atoms with Crippen molar-refractivity contribution in [3.8, 4) is 0 Å². The molecule has 1 amide bonds. The van der Waals surface area contributed by atoms with Crippen LogP contribution in [0.25, 0.3) is 0 Å². The summed E-state index contributed by atoms with van der Waals surface area (Å²) in [6.45, 7) is 0. The summed E-state index contributed by atoms with van der Waals surface area (Å²) in [6, 6.07) is 8.75. The fourth-order valence-electron chi connectivity index (χ4n) is 1.41. The smallest absolute Gasteiger partial charge is 0.267 e. The van der Waals surface area contributed by atoms with Crippen molar-refractivity contribution in [2.45, 2.75) is 0 Å². The summed E-state index contributed by atoms with van der Waals surface area (Å²) in [7, 11) is 0. The van der Waals surface area contributed by atoms with Gasteiger partial charge >= 0.3 is 0 Å². The van der Waals surface area contributed by atoms with E-state index in [0.29, 0.717) is 5.56 Å². The SMILES string of the molecule is O=C(N/N=C\c1ccncc1)c1ccc([N+](=O)[O-])cc1. The van der Waals surface area contributed by atoms with E-state index in [-0.39, 0.29) is 5.69 Å². The third-order valence-corrected chi connectivity index (χ3v) is 2.43. The minimum absolute atomic E-state index is 0.0677. The molecule has 2 aromatic rings. The Hall–Kier alpha value is -3.09. The highest BCUT2D eigenvalue weighted by Gasteiger charge is 2.08. The van der Waals surface area contributed by atoms with Gasteiger partial charge in [0.1, 0.15) is 0 Å². The number of carbonyl (C=O) groups is 1. The number of carbonyl (C=O) groups excluding carboxylic acids is 1. The second-order valence-corrected chi connectivity index (χ2v) is 3.78. The Kier molecular flexibility index (Phi) is 4.13. The van der Waals surface area contributed by atoms with Crippen LogP contribution in [0.15, 0.2) is 53.9 Å². The van der Waals surface area contributed by atoms with Gasteiger partial charge in [0.25, 0.3) is 11.6 Å². The highest BCUT2D eigenvalue weighted by molar-refractivity contribution is 5.95. The number of nitro groups is 1. The number of nitrogens with one attached hydrogen (secondary N) is 1. The van der Waals surface area contributed by atoms with Gasteiger partial charge in [-0.25, -0.2) is 5.43 Å². The lowest BCUT2D eigenvalue weighted by Gasteiger charge is -1.99. The number of hydrazone groups is 1. The van der Waals surface area contributed by atoms with Crippen LogP contribution < -0.4 is 5.43 Å². The molecule has 0 spiro atoms. The van der Waals surface area contributed by atoms with Gasteiger partial charge in [-0.15, -0.1) is 0 Å². The molecule has 0 unspecified atom stereocenters. The van der Waals surface area contributed by atoms with Gasteiger partial charge in [0.15, 0.2) is 0 Å². The molecule has 1 N–H and O–H groups in total. The molecule has 0 aliphatic heterocycles. The summed E-state index contributed by atoms with van der Waals surface area (Å²) in [6.07, 6.45) is 4.70. The molecule has 7 heteroatoms. The van der Waals surface area contributed by atoms with Crippen molar-refractivity contribution in [1.82, 2.24) is 10.4 Å². The van der Waals surface area contributed by atoms with Crippen molar-refractivity contribution < 1.29 is 9.72 Å². The van der Waals surface area contributed by atoms with Gasteiger partial charge in [-0.05, 0) is 29.8 Å². The van der Waals surface area contributed by atoms with Crippen LogP contribution in [0.3, 0.4) is 0 Å². The zero-order valence-electron chi connectivity index (χ0n) is 10.3. The fourth-order valence-corrected chi connectivity index (χ4v) is 1.41. The van der Waals surface area contributed by atoms with Crippen molar-refractivity contribution in [2.24, 2.45) is 5.10 Å². The molecule has 1 heterocycles. The number of hydrogen-bond acceptors (Lipinski definition) is 5. The molecule has 7 nitrogen and oxygen atoms in total. The lowest BCUT2D eigenvalue weighted by molar-refractivity contribution is -0.384. The van der Waals surface area contributed by atoms with Crippen LogP contribution in [0, 0.1) is 10.1 Å². The van der Waals surface area contributed by atoms with Gasteiger partial charge in [-0.1, -0.05) is 0 Å². The third-order valence-electron chi connectivity index (χ3n) is 2.43. The third kappa shape index (κ3) is 3.45. The summed E-state index contributed by atoms with van der Waals surface area (Å²) >= 11 is 0. The predicted octanol–water partition coefficient (Wildman–Crippen LogP) is 1.75. The average molecular weight is 270 g/mol. The van der Waals surface area contributed by atoms with E-state index in [9.17, 15) is 14.9 Å². The van der Waals surface area contributed by atoms with Gasteiger partial charge < -0.3 is 0 Å². The van der Waals surface area contributed by atoms with Crippen LogP contribution in [-0.2, 0) is 0 Å². The largest absolute Gasteiger partial charge is 0.271 e. The van der Waals surface area contributed by atoms with Gasteiger partial charge in [0, 0.05) is 30.1 Å². The molecule has 0 radical (unpaired) electrons. The normalized spacial score (nSPS) is 10.4. The Morgan fingerprint density at radius 1 is 1.20 bits per heavy atom. The van der Waals surface area contributed by atoms with Gasteiger partial charge in [-0.3, -0.25) is 19.9 Å². The van der Waals surface area contributed by atoms with Crippen LogP contribution >= 0.6 is 0 Å². The highest BCUT2D eigenvalue weighted by atomic mass is 16.6. The topological polar surface area (TPSA) is 97.5 Å². The average Bonchev–Trinajstić information content (AvgIpc) is 2.48. The molecule has 1 aromatic heterocycles. The van der Waals surface area contributed by atoms with E-state index in [4.69, 9.17) is 0 Å². The van der Waals surface area contributed by atoms with E-state index in [0.717, 1.165) is 5.56 Å².